The Morgan fingerprint density at radius 1 is 0.800 bits per heavy atom. The summed E-state index contributed by atoms with van der Waals surface area (Å²) in [6.07, 6.45) is 6.12. The van der Waals surface area contributed by atoms with Crippen molar-refractivity contribution >= 4 is 24.0 Å². The number of fused-ring (bicyclic) bond motifs is 1. The lowest BCUT2D eigenvalue weighted by atomic mass is 10.1. The van der Waals surface area contributed by atoms with Crippen molar-refractivity contribution in [3.05, 3.63) is 95.6 Å². The van der Waals surface area contributed by atoms with E-state index in [1.165, 1.54) is 36.4 Å². The van der Waals surface area contributed by atoms with Crippen LogP contribution in [-0.4, -0.2) is 34.9 Å². The molecular formula is C26H18O9. The molecule has 0 unspecified atom stereocenters. The number of aromatic carboxylic acids is 2. The average molecular weight is 474 g/mol. The molecule has 0 radical (unpaired) electrons. The molecule has 0 bridgehead atoms. The molecule has 176 valence electrons. The van der Waals surface area contributed by atoms with Gasteiger partial charge in [0.2, 0.25) is 6.79 Å². The van der Waals surface area contributed by atoms with Gasteiger partial charge in [0.25, 0.3) is 0 Å². The van der Waals surface area contributed by atoms with E-state index >= 15 is 0 Å². The van der Waals surface area contributed by atoms with E-state index in [1.54, 1.807) is 30.4 Å². The Morgan fingerprint density at radius 2 is 1.54 bits per heavy atom. The van der Waals surface area contributed by atoms with E-state index in [4.69, 9.17) is 18.9 Å². The number of carboxylic acid groups (broad SMARTS) is 2. The summed E-state index contributed by atoms with van der Waals surface area (Å²) < 4.78 is 21.5. The molecule has 0 spiro atoms. The van der Waals surface area contributed by atoms with Gasteiger partial charge in [-0.2, -0.15) is 0 Å². The minimum Gasteiger partial charge on any atom is -0.478 e. The van der Waals surface area contributed by atoms with Gasteiger partial charge in [0.05, 0.1) is 5.56 Å². The number of allylic oxidation sites excluding steroid dienone is 2. The molecular weight excluding hydrogens is 456 g/mol. The van der Waals surface area contributed by atoms with Crippen molar-refractivity contribution < 1.29 is 43.5 Å². The van der Waals surface area contributed by atoms with Crippen LogP contribution in [0.4, 0.5) is 0 Å². The van der Waals surface area contributed by atoms with Crippen molar-refractivity contribution in [3.63, 3.8) is 0 Å². The summed E-state index contributed by atoms with van der Waals surface area (Å²) in [7, 11) is 0. The number of hydrogen-bond donors (Lipinski definition) is 2. The summed E-state index contributed by atoms with van der Waals surface area (Å²) in [4.78, 5) is 35.3. The van der Waals surface area contributed by atoms with E-state index in [2.05, 4.69) is 0 Å². The minimum atomic E-state index is -1.47. The van der Waals surface area contributed by atoms with E-state index in [-0.39, 0.29) is 24.0 Å². The van der Waals surface area contributed by atoms with Gasteiger partial charge in [-0.15, -0.1) is 0 Å². The van der Waals surface area contributed by atoms with Gasteiger partial charge in [0.15, 0.2) is 23.0 Å². The number of carboxylic acids is 2. The minimum absolute atomic E-state index is 0.0268. The summed E-state index contributed by atoms with van der Waals surface area (Å²) >= 11 is 0. The maximum atomic E-state index is 12.3. The van der Waals surface area contributed by atoms with Gasteiger partial charge < -0.3 is 29.2 Å². The quantitative estimate of drug-likeness (QED) is 0.205. The van der Waals surface area contributed by atoms with Crippen LogP contribution in [0.3, 0.4) is 0 Å². The fraction of sp³-hybridized carbons (Fsp3) is 0.0385. The van der Waals surface area contributed by atoms with Crippen LogP contribution in [0.1, 0.15) is 26.3 Å². The van der Waals surface area contributed by atoms with Crippen LogP contribution in [0.5, 0.6) is 28.7 Å². The summed E-state index contributed by atoms with van der Waals surface area (Å²) in [6, 6.07) is 15.4. The maximum absolute atomic E-state index is 12.3. The molecule has 1 aliphatic rings. The fourth-order valence-corrected chi connectivity index (χ4v) is 3.21. The Morgan fingerprint density at radius 3 is 2.31 bits per heavy atom. The average Bonchev–Trinajstić information content (AvgIpc) is 3.31. The number of carbonyl (C=O) groups is 3. The lowest BCUT2D eigenvalue weighted by Crippen LogP contribution is -2.10. The largest absolute Gasteiger partial charge is 0.478 e. The van der Waals surface area contributed by atoms with Gasteiger partial charge in [-0.25, -0.2) is 14.4 Å². The SMILES string of the molecule is O=C(C=CC=Cc1ccc2c(c1)OCO2)Oc1ccccc1Oc1cccc(C(=O)O)c1C(=O)O. The van der Waals surface area contributed by atoms with Crippen molar-refractivity contribution in [1.29, 1.82) is 0 Å². The molecule has 9 nitrogen and oxygen atoms in total. The predicted molar refractivity (Wildman–Crippen MR) is 123 cm³/mol. The Balaban J connectivity index is 1.46. The Bertz CT molecular complexity index is 1350. The molecule has 3 aromatic rings. The molecule has 2 N–H and O–H groups in total. The number of ether oxygens (including phenoxy) is 4. The van der Waals surface area contributed by atoms with Gasteiger partial charge >= 0.3 is 17.9 Å². The van der Waals surface area contributed by atoms with Gasteiger partial charge in [-0.1, -0.05) is 42.5 Å². The molecule has 0 fully saturated rings. The van der Waals surface area contributed by atoms with Gasteiger partial charge in [-0.05, 0) is 42.0 Å². The highest BCUT2D eigenvalue weighted by Gasteiger charge is 2.22. The first kappa shape index (κ1) is 23.1. The fourth-order valence-electron chi connectivity index (χ4n) is 3.21. The number of esters is 1. The number of para-hydroxylation sites is 2. The van der Waals surface area contributed by atoms with Crippen molar-refractivity contribution in [2.75, 3.05) is 6.79 Å². The molecule has 0 amide bonds. The first-order chi connectivity index (χ1) is 16.9. The monoisotopic (exact) mass is 474 g/mol. The van der Waals surface area contributed by atoms with Crippen LogP contribution in [0.15, 0.2) is 78.9 Å². The van der Waals surface area contributed by atoms with Gasteiger partial charge in [-0.3, -0.25) is 0 Å². The first-order valence-electron chi connectivity index (χ1n) is 10.2. The zero-order valence-corrected chi connectivity index (χ0v) is 18.0. The van der Waals surface area contributed by atoms with E-state index in [9.17, 15) is 24.6 Å². The van der Waals surface area contributed by atoms with E-state index in [1.807, 2.05) is 12.1 Å². The lowest BCUT2D eigenvalue weighted by molar-refractivity contribution is -0.129. The summed E-state index contributed by atoms with van der Waals surface area (Å²) in [5, 5.41) is 18.8. The molecule has 0 aromatic heterocycles. The van der Waals surface area contributed by atoms with Crippen molar-refractivity contribution in [3.8, 4) is 28.7 Å². The normalized spacial score (nSPS) is 12.1. The Kier molecular flexibility index (Phi) is 6.78. The molecule has 0 aliphatic carbocycles. The van der Waals surface area contributed by atoms with Gasteiger partial charge in [0.1, 0.15) is 11.3 Å². The molecule has 0 saturated carbocycles. The predicted octanol–water partition coefficient (Wildman–Crippen LogP) is 4.78. The van der Waals surface area contributed by atoms with E-state index < -0.39 is 29.0 Å². The standard InChI is InChI=1S/C26H18O9/c27-23(11-4-1-6-16-12-13-18-22(14-16)33-15-32-18)35-20-9-3-2-8-19(20)34-21-10-5-7-17(25(28)29)24(21)26(30)31/h1-14H,15H2,(H,28,29)(H,30,31). The van der Waals surface area contributed by atoms with Crippen LogP contribution in [-0.2, 0) is 4.79 Å². The molecule has 9 heteroatoms. The number of carbonyl (C=O) groups excluding carboxylic acids is 1. The van der Waals surface area contributed by atoms with Crippen LogP contribution in [0.25, 0.3) is 6.08 Å². The molecule has 35 heavy (non-hydrogen) atoms. The van der Waals surface area contributed by atoms with E-state index in [0.29, 0.717) is 11.5 Å². The Hall–Kier alpha value is -5.05. The van der Waals surface area contributed by atoms with Crippen LogP contribution in [0, 0.1) is 0 Å². The smallest absolute Gasteiger partial charge is 0.340 e. The summed E-state index contributed by atoms with van der Waals surface area (Å²) in [6.45, 7) is 0.183. The van der Waals surface area contributed by atoms with Crippen molar-refractivity contribution in [2.45, 2.75) is 0 Å². The molecule has 1 aliphatic heterocycles. The second kappa shape index (κ2) is 10.3. The third kappa shape index (κ3) is 5.48. The molecule has 0 saturated heterocycles. The van der Waals surface area contributed by atoms with Gasteiger partial charge in [0, 0.05) is 6.08 Å². The van der Waals surface area contributed by atoms with Crippen LogP contribution >= 0.6 is 0 Å². The first-order valence-corrected chi connectivity index (χ1v) is 10.2. The number of rotatable bonds is 8. The highest BCUT2D eigenvalue weighted by molar-refractivity contribution is 6.03. The third-order valence-electron chi connectivity index (χ3n) is 4.78. The number of hydrogen-bond acceptors (Lipinski definition) is 7. The molecule has 3 aromatic carbocycles. The molecule has 1 heterocycles. The zero-order valence-electron chi connectivity index (χ0n) is 18.0. The Labute approximate surface area is 199 Å². The summed E-state index contributed by atoms with van der Waals surface area (Å²) in [5.41, 5.74) is -0.0971. The second-order valence-corrected chi connectivity index (χ2v) is 7.09. The highest BCUT2D eigenvalue weighted by atomic mass is 16.7. The topological polar surface area (TPSA) is 129 Å². The van der Waals surface area contributed by atoms with Crippen LogP contribution in [0.2, 0.25) is 0 Å². The second-order valence-electron chi connectivity index (χ2n) is 7.09. The lowest BCUT2D eigenvalue weighted by Gasteiger charge is -2.13. The molecule has 4 rings (SSSR count). The third-order valence-corrected chi connectivity index (χ3v) is 4.78. The van der Waals surface area contributed by atoms with Crippen molar-refractivity contribution in [1.82, 2.24) is 0 Å². The molecule has 0 atom stereocenters. The maximum Gasteiger partial charge on any atom is 0.340 e. The summed E-state index contributed by atoms with van der Waals surface area (Å²) in [5.74, 6) is -2.40. The highest BCUT2D eigenvalue weighted by Crippen LogP contribution is 2.35. The van der Waals surface area contributed by atoms with Crippen LogP contribution < -0.4 is 18.9 Å². The van der Waals surface area contributed by atoms with E-state index in [0.717, 1.165) is 11.6 Å². The zero-order chi connectivity index (χ0) is 24.8. The van der Waals surface area contributed by atoms with Crippen molar-refractivity contribution in [2.24, 2.45) is 0 Å². The number of benzene rings is 3.